The van der Waals surface area contributed by atoms with Crippen LogP contribution in [0.3, 0.4) is 0 Å². The molecule has 2 rings (SSSR count). The largest absolute Gasteiger partial charge is 0.343 e. The van der Waals surface area contributed by atoms with Crippen molar-refractivity contribution in [2.45, 2.75) is 19.1 Å². The predicted molar refractivity (Wildman–Crippen MR) is 55.3 cm³/mol. The molecule has 0 spiro atoms. The third kappa shape index (κ3) is 1.54. The van der Waals surface area contributed by atoms with Gasteiger partial charge in [-0.05, 0) is 6.07 Å². The molecule has 1 aromatic carbocycles. The maximum Gasteiger partial charge on any atom is 0.196 e. The Kier molecular flexibility index (Phi) is 2.77. The number of hydrogen-bond donors (Lipinski definition) is 0. The van der Waals surface area contributed by atoms with Gasteiger partial charge in [-0.3, -0.25) is 0 Å². The number of rotatable bonds is 2. The van der Waals surface area contributed by atoms with E-state index in [0.717, 1.165) is 12.0 Å². The van der Waals surface area contributed by atoms with Crippen molar-refractivity contribution in [2.75, 3.05) is 13.2 Å². The molecule has 0 N–H and O–H groups in total. The zero-order valence-corrected chi connectivity index (χ0v) is 8.88. The summed E-state index contributed by atoms with van der Waals surface area (Å²) in [6, 6.07) is 7.67. The molecule has 0 atom stereocenters. The van der Waals surface area contributed by atoms with E-state index >= 15 is 0 Å². The van der Waals surface area contributed by atoms with Gasteiger partial charge < -0.3 is 9.47 Å². The first-order valence-corrected chi connectivity index (χ1v) is 5.19. The smallest absolute Gasteiger partial charge is 0.196 e. The molecule has 3 heteroatoms. The van der Waals surface area contributed by atoms with Crippen LogP contribution in [-0.2, 0) is 15.3 Å². The average Bonchev–Trinajstić information content (AvgIpc) is 2.68. The highest BCUT2D eigenvalue weighted by Gasteiger charge is 2.37. The Morgan fingerprint density at radius 3 is 2.50 bits per heavy atom. The molecular formula is C11H13ClO2. The topological polar surface area (TPSA) is 18.5 Å². The summed E-state index contributed by atoms with van der Waals surface area (Å²) in [5.74, 6) is -0.613. The summed E-state index contributed by atoms with van der Waals surface area (Å²) in [6.07, 6.45) is 0.775. The van der Waals surface area contributed by atoms with Gasteiger partial charge in [0.15, 0.2) is 5.79 Å². The SMILES string of the molecule is CCC1(c2ccccc2Cl)OCCO1. The number of halogens is 1. The normalized spacial score (nSPS) is 19.9. The van der Waals surface area contributed by atoms with Gasteiger partial charge in [0.05, 0.1) is 13.2 Å². The summed E-state index contributed by atoms with van der Waals surface area (Å²) in [4.78, 5) is 0. The van der Waals surface area contributed by atoms with Crippen molar-refractivity contribution in [3.8, 4) is 0 Å². The van der Waals surface area contributed by atoms with Crippen LogP contribution in [0.4, 0.5) is 0 Å². The van der Waals surface area contributed by atoms with E-state index in [0.29, 0.717) is 18.2 Å². The van der Waals surface area contributed by atoms with E-state index in [4.69, 9.17) is 21.1 Å². The highest BCUT2D eigenvalue weighted by Crippen LogP contribution is 2.38. The van der Waals surface area contributed by atoms with Crippen molar-refractivity contribution in [3.63, 3.8) is 0 Å². The number of benzene rings is 1. The molecule has 0 amide bonds. The van der Waals surface area contributed by atoms with Crippen LogP contribution < -0.4 is 0 Å². The zero-order chi connectivity index (χ0) is 10.0. The summed E-state index contributed by atoms with van der Waals surface area (Å²) < 4.78 is 11.3. The molecular weight excluding hydrogens is 200 g/mol. The Labute approximate surface area is 88.8 Å². The van der Waals surface area contributed by atoms with Gasteiger partial charge in [0.1, 0.15) is 0 Å². The Balaban J connectivity index is 2.41. The molecule has 0 unspecified atom stereocenters. The first-order valence-electron chi connectivity index (χ1n) is 4.81. The van der Waals surface area contributed by atoms with Crippen LogP contribution in [0.2, 0.25) is 5.02 Å². The Morgan fingerprint density at radius 1 is 1.29 bits per heavy atom. The molecule has 1 aliphatic rings. The monoisotopic (exact) mass is 212 g/mol. The number of hydrogen-bond acceptors (Lipinski definition) is 2. The van der Waals surface area contributed by atoms with Gasteiger partial charge in [-0.1, -0.05) is 36.7 Å². The second-order valence-corrected chi connectivity index (χ2v) is 3.69. The molecule has 0 aromatic heterocycles. The van der Waals surface area contributed by atoms with Gasteiger partial charge in [0.25, 0.3) is 0 Å². The van der Waals surface area contributed by atoms with E-state index in [1.807, 2.05) is 31.2 Å². The van der Waals surface area contributed by atoms with Gasteiger partial charge in [0, 0.05) is 17.0 Å². The van der Waals surface area contributed by atoms with E-state index in [1.54, 1.807) is 0 Å². The van der Waals surface area contributed by atoms with Crippen LogP contribution in [0.5, 0.6) is 0 Å². The first-order chi connectivity index (χ1) is 6.78. The quantitative estimate of drug-likeness (QED) is 0.751. The minimum atomic E-state index is -0.613. The van der Waals surface area contributed by atoms with Gasteiger partial charge in [0.2, 0.25) is 0 Å². The fourth-order valence-corrected chi connectivity index (χ4v) is 2.05. The maximum atomic E-state index is 6.11. The van der Waals surface area contributed by atoms with Crippen LogP contribution in [0.1, 0.15) is 18.9 Å². The molecule has 0 bridgehead atoms. The highest BCUT2D eigenvalue weighted by molar-refractivity contribution is 6.31. The van der Waals surface area contributed by atoms with Crippen LogP contribution in [0.15, 0.2) is 24.3 Å². The summed E-state index contributed by atoms with van der Waals surface area (Å²) in [6.45, 7) is 3.31. The molecule has 0 saturated carbocycles. The Bertz CT molecular complexity index is 319. The fraction of sp³-hybridized carbons (Fsp3) is 0.455. The van der Waals surface area contributed by atoms with E-state index in [-0.39, 0.29) is 0 Å². The lowest BCUT2D eigenvalue weighted by atomic mass is 10.0. The summed E-state index contributed by atoms with van der Waals surface area (Å²) in [5, 5.41) is 0.705. The van der Waals surface area contributed by atoms with Gasteiger partial charge >= 0.3 is 0 Å². The fourth-order valence-electron chi connectivity index (χ4n) is 1.77. The number of ether oxygens (including phenoxy) is 2. The van der Waals surface area contributed by atoms with Crippen LogP contribution in [0.25, 0.3) is 0 Å². The third-order valence-electron chi connectivity index (χ3n) is 2.50. The van der Waals surface area contributed by atoms with Crippen molar-refractivity contribution in [2.24, 2.45) is 0 Å². The molecule has 0 aliphatic carbocycles. The maximum absolute atomic E-state index is 6.11. The standard InChI is InChI=1S/C11H13ClO2/c1-2-11(13-7-8-14-11)9-5-3-4-6-10(9)12/h3-6H,2,7-8H2,1H3. The minimum Gasteiger partial charge on any atom is -0.343 e. The first kappa shape index (κ1) is 9.97. The van der Waals surface area contributed by atoms with E-state index in [2.05, 4.69) is 0 Å². The molecule has 76 valence electrons. The van der Waals surface area contributed by atoms with Gasteiger partial charge in [-0.2, -0.15) is 0 Å². The van der Waals surface area contributed by atoms with Crippen molar-refractivity contribution in [1.82, 2.24) is 0 Å². The summed E-state index contributed by atoms with van der Waals surface area (Å²) in [5.41, 5.74) is 0.932. The minimum absolute atomic E-state index is 0.613. The van der Waals surface area contributed by atoms with E-state index < -0.39 is 5.79 Å². The summed E-state index contributed by atoms with van der Waals surface area (Å²) in [7, 11) is 0. The molecule has 1 aliphatic heterocycles. The second kappa shape index (κ2) is 3.89. The van der Waals surface area contributed by atoms with Crippen LogP contribution in [0, 0.1) is 0 Å². The second-order valence-electron chi connectivity index (χ2n) is 3.28. The lowest BCUT2D eigenvalue weighted by Gasteiger charge is -2.27. The highest BCUT2D eigenvalue weighted by atomic mass is 35.5. The molecule has 1 heterocycles. The predicted octanol–water partition coefficient (Wildman–Crippen LogP) is 2.95. The molecule has 2 nitrogen and oxygen atoms in total. The lowest BCUT2D eigenvalue weighted by molar-refractivity contribution is -0.167. The molecule has 1 saturated heterocycles. The van der Waals surface area contributed by atoms with Crippen molar-refractivity contribution >= 4 is 11.6 Å². The Hall–Kier alpha value is -0.570. The van der Waals surface area contributed by atoms with Gasteiger partial charge in [-0.15, -0.1) is 0 Å². The van der Waals surface area contributed by atoms with E-state index in [9.17, 15) is 0 Å². The lowest BCUT2D eigenvalue weighted by Crippen LogP contribution is -2.26. The molecule has 1 aromatic rings. The van der Waals surface area contributed by atoms with Crippen LogP contribution >= 0.6 is 11.6 Å². The van der Waals surface area contributed by atoms with Crippen molar-refractivity contribution in [1.29, 1.82) is 0 Å². The van der Waals surface area contributed by atoms with Crippen molar-refractivity contribution < 1.29 is 9.47 Å². The van der Waals surface area contributed by atoms with Gasteiger partial charge in [-0.25, -0.2) is 0 Å². The van der Waals surface area contributed by atoms with Crippen molar-refractivity contribution in [3.05, 3.63) is 34.9 Å². The molecule has 14 heavy (non-hydrogen) atoms. The zero-order valence-electron chi connectivity index (χ0n) is 8.13. The molecule has 0 radical (unpaired) electrons. The van der Waals surface area contributed by atoms with E-state index in [1.165, 1.54) is 0 Å². The average molecular weight is 213 g/mol. The summed E-state index contributed by atoms with van der Waals surface area (Å²) >= 11 is 6.11. The Morgan fingerprint density at radius 2 is 1.93 bits per heavy atom. The van der Waals surface area contributed by atoms with Crippen LogP contribution in [-0.4, -0.2) is 13.2 Å². The third-order valence-corrected chi connectivity index (χ3v) is 2.83. The molecule has 1 fully saturated rings.